The van der Waals surface area contributed by atoms with E-state index in [2.05, 4.69) is 19.3 Å². The van der Waals surface area contributed by atoms with Gasteiger partial charge in [-0.15, -0.1) is 0 Å². The summed E-state index contributed by atoms with van der Waals surface area (Å²) in [6, 6.07) is 11.2. The summed E-state index contributed by atoms with van der Waals surface area (Å²) in [4.78, 5) is 0. The Morgan fingerprint density at radius 3 is 2.05 bits per heavy atom. The van der Waals surface area contributed by atoms with Crippen LogP contribution in [0.4, 0.5) is 8.78 Å². The van der Waals surface area contributed by atoms with E-state index in [0.29, 0.717) is 12.3 Å². The first-order valence-corrected chi connectivity index (χ1v) is 7.01. The fourth-order valence-corrected chi connectivity index (χ4v) is 2.36. The number of benzene rings is 2. The molecule has 2 rings (SSSR count). The van der Waals surface area contributed by atoms with Gasteiger partial charge in [0.1, 0.15) is 11.6 Å². The van der Waals surface area contributed by atoms with Crippen LogP contribution in [0.15, 0.2) is 42.5 Å². The van der Waals surface area contributed by atoms with Gasteiger partial charge in [-0.2, -0.15) is 0 Å². The fourth-order valence-electron chi connectivity index (χ4n) is 2.36. The van der Waals surface area contributed by atoms with Crippen LogP contribution >= 0.6 is 0 Å². The molecule has 0 bridgehead atoms. The van der Waals surface area contributed by atoms with Crippen molar-refractivity contribution in [1.82, 2.24) is 5.43 Å². The molecule has 0 aliphatic heterocycles. The average molecular weight is 290 g/mol. The van der Waals surface area contributed by atoms with Gasteiger partial charge in [-0.1, -0.05) is 44.2 Å². The molecular formula is C17H20F2N2. The molecule has 2 aromatic carbocycles. The Balaban J connectivity index is 2.23. The van der Waals surface area contributed by atoms with Crippen molar-refractivity contribution in [2.24, 2.45) is 5.84 Å². The highest BCUT2D eigenvalue weighted by Crippen LogP contribution is 2.24. The summed E-state index contributed by atoms with van der Waals surface area (Å²) in [7, 11) is 0. The number of nitrogens with two attached hydrogens (primary N) is 1. The largest absolute Gasteiger partial charge is 0.271 e. The minimum Gasteiger partial charge on any atom is -0.271 e. The average Bonchev–Trinajstić information content (AvgIpc) is 2.46. The van der Waals surface area contributed by atoms with Gasteiger partial charge in [0.05, 0.1) is 6.04 Å². The van der Waals surface area contributed by atoms with Crippen molar-refractivity contribution in [1.29, 1.82) is 0 Å². The van der Waals surface area contributed by atoms with Crippen molar-refractivity contribution >= 4 is 0 Å². The maximum Gasteiger partial charge on any atom is 0.130 e. The molecule has 0 amide bonds. The highest BCUT2D eigenvalue weighted by atomic mass is 19.1. The summed E-state index contributed by atoms with van der Waals surface area (Å²) in [6.07, 6.45) is 0.423. The van der Waals surface area contributed by atoms with Gasteiger partial charge in [-0.25, -0.2) is 8.78 Å². The smallest absolute Gasteiger partial charge is 0.130 e. The molecule has 0 spiro atoms. The zero-order valence-corrected chi connectivity index (χ0v) is 12.2. The van der Waals surface area contributed by atoms with E-state index in [1.807, 2.05) is 24.3 Å². The lowest BCUT2D eigenvalue weighted by Gasteiger charge is -2.18. The SMILES string of the molecule is CC(C)c1ccc(CC(NN)c2c(F)cccc2F)cc1. The topological polar surface area (TPSA) is 38.0 Å². The molecule has 21 heavy (non-hydrogen) atoms. The Kier molecular flexibility index (Phi) is 5.04. The monoisotopic (exact) mass is 290 g/mol. The van der Waals surface area contributed by atoms with Crippen LogP contribution in [-0.2, 0) is 6.42 Å². The van der Waals surface area contributed by atoms with E-state index >= 15 is 0 Å². The first-order valence-electron chi connectivity index (χ1n) is 7.01. The lowest BCUT2D eigenvalue weighted by Crippen LogP contribution is -2.31. The summed E-state index contributed by atoms with van der Waals surface area (Å²) >= 11 is 0. The molecule has 0 radical (unpaired) electrons. The maximum atomic E-state index is 13.8. The number of hydrogen-bond acceptors (Lipinski definition) is 2. The van der Waals surface area contributed by atoms with Crippen molar-refractivity contribution in [3.05, 3.63) is 70.8 Å². The molecule has 0 aliphatic rings. The molecule has 2 nitrogen and oxygen atoms in total. The van der Waals surface area contributed by atoms with E-state index in [1.54, 1.807) is 0 Å². The molecule has 0 aromatic heterocycles. The number of hydrogen-bond donors (Lipinski definition) is 2. The molecule has 1 atom stereocenters. The number of nitrogens with one attached hydrogen (secondary N) is 1. The molecule has 2 aromatic rings. The first kappa shape index (κ1) is 15.6. The first-order chi connectivity index (χ1) is 10.0. The van der Waals surface area contributed by atoms with E-state index < -0.39 is 17.7 Å². The van der Waals surface area contributed by atoms with Crippen LogP contribution in [0.2, 0.25) is 0 Å². The molecule has 0 fully saturated rings. The minimum absolute atomic E-state index is 0.0204. The summed E-state index contributed by atoms with van der Waals surface area (Å²) in [5.41, 5.74) is 4.69. The third-order valence-corrected chi connectivity index (χ3v) is 3.64. The molecule has 0 aliphatic carbocycles. The standard InChI is InChI=1S/C17H20F2N2/c1-11(2)13-8-6-12(7-9-13)10-16(21-20)17-14(18)4-3-5-15(17)19/h3-9,11,16,21H,10,20H2,1-2H3. The van der Waals surface area contributed by atoms with E-state index in [-0.39, 0.29) is 5.56 Å². The van der Waals surface area contributed by atoms with E-state index in [1.165, 1.54) is 23.8 Å². The Bertz CT molecular complexity index is 574. The van der Waals surface area contributed by atoms with E-state index in [0.717, 1.165) is 5.56 Å². The van der Waals surface area contributed by atoms with E-state index in [4.69, 9.17) is 5.84 Å². The third kappa shape index (κ3) is 3.65. The number of hydrazine groups is 1. The predicted molar refractivity (Wildman–Crippen MR) is 80.7 cm³/mol. The van der Waals surface area contributed by atoms with Crippen LogP contribution in [0.1, 0.15) is 42.5 Å². The molecule has 3 N–H and O–H groups in total. The van der Waals surface area contributed by atoms with Gasteiger partial charge in [-0.05, 0) is 35.6 Å². The van der Waals surface area contributed by atoms with Crippen LogP contribution < -0.4 is 11.3 Å². The molecule has 1 unspecified atom stereocenters. The maximum absolute atomic E-state index is 13.8. The number of halogens is 2. The lowest BCUT2D eigenvalue weighted by atomic mass is 9.96. The fraction of sp³-hybridized carbons (Fsp3) is 0.294. The Morgan fingerprint density at radius 2 is 1.57 bits per heavy atom. The van der Waals surface area contributed by atoms with Crippen molar-refractivity contribution < 1.29 is 8.78 Å². The van der Waals surface area contributed by atoms with Gasteiger partial charge in [-0.3, -0.25) is 11.3 Å². The van der Waals surface area contributed by atoms with Crippen LogP contribution in [-0.4, -0.2) is 0 Å². The molecule has 0 saturated heterocycles. The van der Waals surface area contributed by atoms with Crippen LogP contribution in [0, 0.1) is 11.6 Å². The highest BCUT2D eigenvalue weighted by Gasteiger charge is 2.19. The molecule has 0 saturated carbocycles. The second-order valence-electron chi connectivity index (χ2n) is 5.45. The molecule has 0 heterocycles. The van der Waals surface area contributed by atoms with E-state index in [9.17, 15) is 8.78 Å². The minimum atomic E-state index is -0.601. The summed E-state index contributed by atoms with van der Waals surface area (Å²) < 4.78 is 27.6. The summed E-state index contributed by atoms with van der Waals surface area (Å²) in [6.45, 7) is 4.24. The zero-order valence-electron chi connectivity index (χ0n) is 12.2. The Hall–Kier alpha value is -1.78. The van der Waals surface area contributed by atoms with Crippen molar-refractivity contribution in [2.75, 3.05) is 0 Å². The quantitative estimate of drug-likeness (QED) is 0.648. The van der Waals surface area contributed by atoms with Crippen molar-refractivity contribution in [2.45, 2.75) is 32.2 Å². The molecule has 4 heteroatoms. The van der Waals surface area contributed by atoms with Crippen molar-refractivity contribution in [3.63, 3.8) is 0 Å². The van der Waals surface area contributed by atoms with Gasteiger partial charge in [0.25, 0.3) is 0 Å². The second-order valence-corrected chi connectivity index (χ2v) is 5.45. The van der Waals surface area contributed by atoms with Gasteiger partial charge in [0.15, 0.2) is 0 Å². The van der Waals surface area contributed by atoms with Crippen molar-refractivity contribution in [3.8, 4) is 0 Å². The van der Waals surface area contributed by atoms with Crippen LogP contribution in [0.25, 0.3) is 0 Å². The van der Waals surface area contributed by atoms with Crippen LogP contribution in [0.3, 0.4) is 0 Å². The Morgan fingerprint density at radius 1 is 1.00 bits per heavy atom. The number of rotatable bonds is 5. The predicted octanol–water partition coefficient (Wildman–Crippen LogP) is 3.84. The molecular weight excluding hydrogens is 270 g/mol. The molecule has 112 valence electrons. The summed E-state index contributed by atoms with van der Waals surface area (Å²) in [5.74, 6) is 4.76. The third-order valence-electron chi connectivity index (χ3n) is 3.64. The Labute approximate surface area is 124 Å². The lowest BCUT2D eigenvalue weighted by molar-refractivity contribution is 0.473. The normalized spacial score (nSPS) is 12.7. The van der Waals surface area contributed by atoms with Gasteiger partial charge < -0.3 is 0 Å². The highest BCUT2D eigenvalue weighted by molar-refractivity contribution is 5.29. The van der Waals surface area contributed by atoms with Gasteiger partial charge in [0, 0.05) is 5.56 Å². The zero-order chi connectivity index (χ0) is 15.4. The van der Waals surface area contributed by atoms with Gasteiger partial charge >= 0.3 is 0 Å². The summed E-state index contributed by atoms with van der Waals surface area (Å²) in [5, 5.41) is 0. The van der Waals surface area contributed by atoms with Gasteiger partial charge in [0.2, 0.25) is 0 Å². The van der Waals surface area contributed by atoms with Crippen LogP contribution in [0.5, 0.6) is 0 Å². The second kappa shape index (κ2) is 6.78.